The summed E-state index contributed by atoms with van der Waals surface area (Å²) in [6.45, 7) is 7.66. The monoisotopic (exact) mass is 290 g/mol. The van der Waals surface area contributed by atoms with E-state index in [0.29, 0.717) is 12.4 Å². The minimum absolute atomic E-state index is 0.109. The van der Waals surface area contributed by atoms with Gasteiger partial charge >= 0.3 is 0 Å². The first kappa shape index (κ1) is 16.8. The molecule has 1 heterocycles. The number of anilines is 1. The van der Waals surface area contributed by atoms with E-state index in [-0.39, 0.29) is 18.4 Å². The molecule has 1 atom stereocenters. The zero-order valence-corrected chi connectivity index (χ0v) is 12.7. The standard InChI is InChI=1S/C15H22N4O2/c1-5-9-16-15(21)12(3)19(4)10-14(20)18-13-8-6-7-11(2)17-13/h5-8,12H,1,9-10H2,2-4H3,(H,16,21)(H,17,18,20)/t12-/m0/s1. The molecule has 0 radical (unpaired) electrons. The summed E-state index contributed by atoms with van der Waals surface area (Å²) in [5.74, 6) is 0.162. The van der Waals surface area contributed by atoms with Crippen LogP contribution in [0.4, 0.5) is 5.82 Å². The summed E-state index contributed by atoms with van der Waals surface area (Å²) >= 11 is 0. The van der Waals surface area contributed by atoms with Crippen molar-refractivity contribution in [3.05, 3.63) is 36.5 Å². The molecule has 114 valence electrons. The molecule has 21 heavy (non-hydrogen) atoms. The lowest BCUT2D eigenvalue weighted by molar-refractivity contribution is -0.126. The Balaban J connectivity index is 2.49. The Morgan fingerprint density at radius 1 is 1.48 bits per heavy atom. The fourth-order valence-electron chi connectivity index (χ4n) is 1.68. The largest absolute Gasteiger partial charge is 0.351 e. The number of amides is 2. The van der Waals surface area contributed by atoms with Gasteiger partial charge in [0.1, 0.15) is 5.82 Å². The molecule has 1 aromatic rings. The number of rotatable bonds is 7. The van der Waals surface area contributed by atoms with Crippen molar-refractivity contribution < 1.29 is 9.59 Å². The molecule has 0 aliphatic carbocycles. The molecule has 1 rings (SSSR count). The van der Waals surface area contributed by atoms with Crippen molar-refractivity contribution in [3.63, 3.8) is 0 Å². The Kier molecular flexibility index (Phi) is 6.55. The first-order valence-corrected chi connectivity index (χ1v) is 6.76. The third kappa shape index (κ3) is 5.74. The maximum Gasteiger partial charge on any atom is 0.239 e. The number of likely N-dealkylation sites (N-methyl/N-ethyl adjacent to an activating group) is 1. The molecule has 6 nitrogen and oxygen atoms in total. The fraction of sp³-hybridized carbons (Fsp3) is 0.400. The van der Waals surface area contributed by atoms with Crippen molar-refractivity contribution in [1.29, 1.82) is 0 Å². The highest BCUT2D eigenvalue weighted by Gasteiger charge is 2.19. The minimum Gasteiger partial charge on any atom is -0.351 e. The summed E-state index contributed by atoms with van der Waals surface area (Å²) in [5.41, 5.74) is 0.832. The summed E-state index contributed by atoms with van der Waals surface area (Å²) in [6, 6.07) is 5.01. The lowest BCUT2D eigenvalue weighted by Gasteiger charge is -2.22. The summed E-state index contributed by atoms with van der Waals surface area (Å²) < 4.78 is 0. The Morgan fingerprint density at radius 3 is 2.81 bits per heavy atom. The maximum absolute atomic E-state index is 11.9. The van der Waals surface area contributed by atoms with E-state index in [4.69, 9.17) is 0 Å². The van der Waals surface area contributed by atoms with Gasteiger partial charge in [-0.1, -0.05) is 12.1 Å². The van der Waals surface area contributed by atoms with E-state index >= 15 is 0 Å². The van der Waals surface area contributed by atoms with Gasteiger partial charge in [0, 0.05) is 12.2 Å². The van der Waals surface area contributed by atoms with Gasteiger partial charge in [-0.05, 0) is 33.0 Å². The molecule has 0 spiro atoms. The van der Waals surface area contributed by atoms with Crippen LogP contribution >= 0.6 is 0 Å². The molecule has 2 N–H and O–H groups in total. The number of carbonyl (C=O) groups excluding carboxylic acids is 2. The van der Waals surface area contributed by atoms with E-state index in [2.05, 4.69) is 22.2 Å². The number of hydrogen-bond donors (Lipinski definition) is 2. The molecule has 1 aromatic heterocycles. The van der Waals surface area contributed by atoms with Crippen LogP contribution in [0.15, 0.2) is 30.9 Å². The molecular weight excluding hydrogens is 268 g/mol. The van der Waals surface area contributed by atoms with Gasteiger partial charge in [0.15, 0.2) is 0 Å². The zero-order chi connectivity index (χ0) is 15.8. The number of nitrogens with zero attached hydrogens (tertiary/aromatic N) is 2. The average Bonchev–Trinajstić information content (AvgIpc) is 2.43. The van der Waals surface area contributed by atoms with Crippen LogP contribution in [-0.4, -0.2) is 47.9 Å². The van der Waals surface area contributed by atoms with Crippen molar-refractivity contribution in [3.8, 4) is 0 Å². The summed E-state index contributed by atoms with van der Waals surface area (Å²) in [4.78, 5) is 29.6. The van der Waals surface area contributed by atoms with Gasteiger partial charge in [0.2, 0.25) is 11.8 Å². The molecule has 0 unspecified atom stereocenters. The van der Waals surface area contributed by atoms with Gasteiger partial charge in [0.25, 0.3) is 0 Å². The zero-order valence-electron chi connectivity index (χ0n) is 12.7. The van der Waals surface area contributed by atoms with E-state index in [0.717, 1.165) is 5.69 Å². The summed E-state index contributed by atoms with van der Waals surface area (Å²) in [7, 11) is 1.72. The van der Waals surface area contributed by atoms with Crippen molar-refractivity contribution in [2.45, 2.75) is 19.9 Å². The van der Waals surface area contributed by atoms with E-state index in [9.17, 15) is 9.59 Å². The maximum atomic E-state index is 11.9. The normalized spacial score (nSPS) is 11.8. The van der Waals surface area contributed by atoms with Gasteiger partial charge in [-0.25, -0.2) is 4.98 Å². The lowest BCUT2D eigenvalue weighted by Crippen LogP contribution is -2.46. The van der Waals surface area contributed by atoms with Crippen molar-refractivity contribution in [2.24, 2.45) is 0 Å². The minimum atomic E-state index is -0.402. The Morgan fingerprint density at radius 2 is 2.19 bits per heavy atom. The Hall–Kier alpha value is -2.21. The van der Waals surface area contributed by atoms with Crippen LogP contribution in [0.3, 0.4) is 0 Å². The van der Waals surface area contributed by atoms with Gasteiger partial charge < -0.3 is 10.6 Å². The second-order valence-corrected chi connectivity index (χ2v) is 4.84. The predicted octanol–water partition coefficient (Wildman–Crippen LogP) is 0.951. The number of aryl methyl sites for hydroxylation is 1. The first-order chi connectivity index (χ1) is 9.93. The van der Waals surface area contributed by atoms with Crippen molar-refractivity contribution in [1.82, 2.24) is 15.2 Å². The van der Waals surface area contributed by atoms with E-state index in [1.54, 1.807) is 31.0 Å². The second-order valence-electron chi connectivity index (χ2n) is 4.84. The highest BCUT2D eigenvalue weighted by molar-refractivity contribution is 5.92. The molecule has 0 aliphatic rings. The van der Waals surface area contributed by atoms with Gasteiger partial charge in [-0.3, -0.25) is 14.5 Å². The molecule has 0 fully saturated rings. The smallest absolute Gasteiger partial charge is 0.239 e. The number of nitrogens with one attached hydrogen (secondary N) is 2. The van der Waals surface area contributed by atoms with Crippen LogP contribution in [-0.2, 0) is 9.59 Å². The number of pyridine rings is 1. The fourth-order valence-corrected chi connectivity index (χ4v) is 1.68. The second kappa shape index (κ2) is 8.16. The van der Waals surface area contributed by atoms with Crippen LogP contribution in [0.5, 0.6) is 0 Å². The number of hydrogen-bond acceptors (Lipinski definition) is 4. The highest BCUT2D eigenvalue weighted by Crippen LogP contribution is 2.04. The van der Waals surface area contributed by atoms with Crippen LogP contribution in [0.25, 0.3) is 0 Å². The summed E-state index contributed by atoms with van der Waals surface area (Å²) in [5, 5.41) is 5.41. The topological polar surface area (TPSA) is 74.3 Å². The number of carbonyl (C=O) groups is 2. The van der Waals surface area contributed by atoms with Crippen LogP contribution < -0.4 is 10.6 Å². The molecule has 0 aromatic carbocycles. The lowest BCUT2D eigenvalue weighted by atomic mass is 10.2. The highest BCUT2D eigenvalue weighted by atomic mass is 16.2. The predicted molar refractivity (Wildman–Crippen MR) is 82.9 cm³/mol. The van der Waals surface area contributed by atoms with Crippen molar-refractivity contribution >= 4 is 17.6 Å². The quantitative estimate of drug-likeness (QED) is 0.733. The van der Waals surface area contributed by atoms with Crippen LogP contribution in [0, 0.1) is 6.92 Å². The molecule has 2 amide bonds. The van der Waals surface area contributed by atoms with Crippen molar-refractivity contribution in [2.75, 3.05) is 25.5 Å². The first-order valence-electron chi connectivity index (χ1n) is 6.76. The van der Waals surface area contributed by atoms with E-state index in [1.807, 2.05) is 19.1 Å². The molecule has 0 bridgehead atoms. The van der Waals surface area contributed by atoms with Gasteiger partial charge in [-0.2, -0.15) is 0 Å². The van der Waals surface area contributed by atoms with E-state index < -0.39 is 6.04 Å². The van der Waals surface area contributed by atoms with Crippen LogP contribution in [0.1, 0.15) is 12.6 Å². The van der Waals surface area contributed by atoms with Crippen LogP contribution in [0.2, 0.25) is 0 Å². The molecule has 6 heteroatoms. The van der Waals surface area contributed by atoms with Gasteiger partial charge in [-0.15, -0.1) is 6.58 Å². The third-order valence-corrected chi connectivity index (χ3v) is 3.01. The summed E-state index contributed by atoms with van der Waals surface area (Å²) in [6.07, 6.45) is 1.61. The SMILES string of the molecule is C=CCNC(=O)[C@H](C)N(C)CC(=O)Nc1cccc(C)n1. The molecule has 0 aliphatic heterocycles. The molecule has 0 saturated carbocycles. The molecular formula is C15H22N4O2. The number of aromatic nitrogens is 1. The van der Waals surface area contributed by atoms with Gasteiger partial charge in [0.05, 0.1) is 12.6 Å². The van der Waals surface area contributed by atoms with E-state index in [1.165, 1.54) is 0 Å². The molecule has 0 saturated heterocycles. The Bertz CT molecular complexity index is 516. The Labute approximate surface area is 125 Å². The third-order valence-electron chi connectivity index (χ3n) is 3.01. The average molecular weight is 290 g/mol.